The van der Waals surface area contributed by atoms with E-state index in [1.54, 1.807) is 0 Å². The van der Waals surface area contributed by atoms with Gasteiger partial charge in [-0.2, -0.15) is 0 Å². The van der Waals surface area contributed by atoms with Gasteiger partial charge in [0, 0.05) is 19.3 Å². The molecule has 0 aliphatic heterocycles. The molecular weight excluding hydrogens is 304 g/mol. The Morgan fingerprint density at radius 3 is 2.20 bits per heavy atom. The lowest BCUT2D eigenvalue weighted by molar-refractivity contribution is 0.683. The van der Waals surface area contributed by atoms with Gasteiger partial charge in [0.2, 0.25) is 0 Å². The molecule has 1 heterocycles. The monoisotopic (exact) mass is 322 g/mol. The summed E-state index contributed by atoms with van der Waals surface area (Å²) in [5.41, 5.74) is 2.40. The Balaban J connectivity index is 1.57. The second-order valence-corrected chi connectivity index (χ2v) is 6.51. The van der Waals surface area contributed by atoms with Crippen LogP contribution in [0.4, 0.5) is 0 Å². The summed E-state index contributed by atoms with van der Waals surface area (Å²) in [6.07, 6.45) is 1.84. The van der Waals surface area contributed by atoms with Gasteiger partial charge in [0.05, 0.1) is 5.69 Å². The summed E-state index contributed by atoms with van der Waals surface area (Å²) in [4.78, 5) is 4.38. The molecule has 0 saturated carbocycles. The highest BCUT2D eigenvalue weighted by molar-refractivity contribution is 6.23. The number of benzene rings is 4. The summed E-state index contributed by atoms with van der Waals surface area (Å²) in [5, 5.41) is 11.6. The number of nitrogens with zero attached hydrogens (tertiary/aromatic N) is 1. The Morgan fingerprint density at radius 2 is 1.40 bits per heavy atom. The molecule has 0 aliphatic rings. The number of nitrogens with one attached hydrogen (secondary N) is 1. The zero-order chi connectivity index (χ0) is 16.6. The van der Waals surface area contributed by atoms with E-state index >= 15 is 0 Å². The van der Waals surface area contributed by atoms with Gasteiger partial charge in [-0.1, -0.05) is 60.7 Å². The minimum atomic E-state index is 0.781. The van der Waals surface area contributed by atoms with Crippen LogP contribution in [-0.2, 0) is 13.1 Å². The smallest absolute Gasteiger partial charge is 0.0541 e. The second kappa shape index (κ2) is 5.83. The first-order valence-corrected chi connectivity index (χ1v) is 8.66. The van der Waals surface area contributed by atoms with Gasteiger partial charge < -0.3 is 5.32 Å². The van der Waals surface area contributed by atoms with Crippen molar-refractivity contribution >= 4 is 32.3 Å². The fourth-order valence-electron chi connectivity index (χ4n) is 3.78. The van der Waals surface area contributed by atoms with Crippen molar-refractivity contribution < 1.29 is 0 Å². The first-order chi connectivity index (χ1) is 12.4. The van der Waals surface area contributed by atoms with E-state index in [1.165, 1.54) is 37.9 Å². The highest BCUT2D eigenvalue weighted by Gasteiger charge is 2.10. The maximum absolute atomic E-state index is 4.38. The molecule has 0 amide bonds. The van der Waals surface area contributed by atoms with Gasteiger partial charge in [0.1, 0.15) is 0 Å². The normalized spacial score (nSPS) is 11.7. The van der Waals surface area contributed by atoms with E-state index in [0.29, 0.717) is 0 Å². The highest BCUT2D eigenvalue weighted by atomic mass is 14.9. The molecule has 1 N–H and O–H groups in total. The molecule has 2 heteroatoms. The van der Waals surface area contributed by atoms with Gasteiger partial charge >= 0.3 is 0 Å². The van der Waals surface area contributed by atoms with Crippen molar-refractivity contribution in [3.63, 3.8) is 0 Å². The number of aromatic nitrogens is 1. The quantitative estimate of drug-likeness (QED) is 0.456. The molecule has 0 atom stereocenters. The predicted molar refractivity (Wildman–Crippen MR) is 105 cm³/mol. The van der Waals surface area contributed by atoms with Gasteiger partial charge in [-0.3, -0.25) is 4.98 Å². The summed E-state index contributed by atoms with van der Waals surface area (Å²) in [6, 6.07) is 26.0. The third-order valence-electron chi connectivity index (χ3n) is 4.97. The maximum atomic E-state index is 4.38. The molecule has 25 heavy (non-hydrogen) atoms. The SMILES string of the molecule is c1ccc(CNCc2ccc3ccc4cccc5ccc2c3c45)nc1. The zero-order valence-electron chi connectivity index (χ0n) is 13.9. The molecule has 0 spiro atoms. The summed E-state index contributed by atoms with van der Waals surface area (Å²) in [7, 11) is 0. The van der Waals surface area contributed by atoms with E-state index in [9.17, 15) is 0 Å². The number of hydrogen-bond donors (Lipinski definition) is 1. The van der Waals surface area contributed by atoms with Crippen molar-refractivity contribution in [1.82, 2.24) is 10.3 Å². The topological polar surface area (TPSA) is 24.9 Å². The van der Waals surface area contributed by atoms with E-state index in [0.717, 1.165) is 18.8 Å². The Morgan fingerprint density at radius 1 is 0.640 bits per heavy atom. The highest BCUT2D eigenvalue weighted by Crippen LogP contribution is 2.35. The van der Waals surface area contributed by atoms with Crippen molar-refractivity contribution in [2.45, 2.75) is 13.1 Å². The van der Waals surface area contributed by atoms with Crippen LogP contribution in [-0.4, -0.2) is 4.98 Å². The molecule has 0 bridgehead atoms. The zero-order valence-corrected chi connectivity index (χ0v) is 13.9. The van der Waals surface area contributed by atoms with Crippen LogP contribution in [0.5, 0.6) is 0 Å². The molecule has 0 aliphatic carbocycles. The standard InChI is InChI=1S/C23H18N2/c1-2-13-25-20(6-1)15-24-14-19-10-9-18-8-7-16-4-3-5-17-11-12-21(19)23(18)22(16)17/h1-13,24H,14-15H2. The van der Waals surface area contributed by atoms with E-state index < -0.39 is 0 Å². The van der Waals surface area contributed by atoms with Crippen molar-refractivity contribution in [3.8, 4) is 0 Å². The summed E-state index contributed by atoms with van der Waals surface area (Å²) >= 11 is 0. The predicted octanol–water partition coefficient (Wildman–Crippen LogP) is 5.27. The van der Waals surface area contributed by atoms with Crippen LogP contribution in [0.3, 0.4) is 0 Å². The fourth-order valence-corrected chi connectivity index (χ4v) is 3.78. The molecular formula is C23H18N2. The molecule has 5 aromatic rings. The Bertz CT molecular complexity index is 1150. The van der Waals surface area contributed by atoms with E-state index in [4.69, 9.17) is 0 Å². The van der Waals surface area contributed by atoms with Gasteiger partial charge in [0.15, 0.2) is 0 Å². The lowest BCUT2D eigenvalue weighted by Crippen LogP contribution is -2.13. The average Bonchev–Trinajstić information content (AvgIpc) is 2.68. The van der Waals surface area contributed by atoms with Gasteiger partial charge in [-0.05, 0) is 50.0 Å². The first-order valence-electron chi connectivity index (χ1n) is 8.66. The molecule has 0 fully saturated rings. The van der Waals surface area contributed by atoms with Gasteiger partial charge in [-0.15, -0.1) is 0 Å². The van der Waals surface area contributed by atoms with E-state index in [2.05, 4.69) is 71.0 Å². The molecule has 0 radical (unpaired) electrons. The Labute approximate surface area is 146 Å². The second-order valence-electron chi connectivity index (χ2n) is 6.51. The Hall–Kier alpha value is -2.97. The van der Waals surface area contributed by atoms with Crippen LogP contribution < -0.4 is 5.32 Å². The van der Waals surface area contributed by atoms with Crippen molar-refractivity contribution in [3.05, 3.63) is 90.3 Å². The molecule has 0 unspecified atom stereocenters. The maximum Gasteiger partial charge on any atom is 0.0541 e. The third-order valence-corrected chi connectivity index (χ3v) is 4.97. The number of hydrogen-bond acceptors (Lipinski definition) is 2. The molecule has 1 aromatic heterocycles. The number of rotatable bonds is 4. The molecule has 4 aromatic carbocycles. The summed E-state index contributed by atoms with van der Waals surface area (Å²) < 4.78 is 0. The van der Waals surface area contributed by atoms with E-state index in [1.807, 2.05) is 18.3 Å². The van der Waals surface area contributed by atoms with Crippen LogP contribution in [0.2, 0.25) is 0 Å². The fraction of sp³-hybridized carbons (Fsp3) is 0.0870. The van der Waals surface area contributed by atoms with Crippen molar-refractivity contribution in [2.24, 2.45) is 0 Å². The van der Waals surface area contributed by atoms with Crippen molar-refractivity contribution in [1.29, 1.82) is 0 Å². The molecule has 2 nitrogen and oxygen atoms in total. The molecule has 120 valence electrons. The minimum Gasteiger partial charge on any atom is -0.307 e. The first kappa shape index (κ1) is 14.4. The lowest BCUT2D eigenvalue weighted by atomic mass is 9.92. The van der Waals surface area contributed by atoms with E-state index in [-0.39, 0.29) is 0 Å². The van der Waals surface area contributed by atoms with Gasteiger partial charge in [0.25, 0.3) is 0 Å². The number of pyridine rings is 1. The molecule has 0 saturated heterocycles. The minimum absolute atomic E-state index is 0.781. The largest absolute Gasteiger partial charge is 0.307 e. The molecule has 5 rings (SSSR count). The third kappa shape index (κ3) is 2.43. The summed E-state index contributed by atoms with van der Waals surface area (Å²) in [6.45, 7) is 1.62. The van der Waals surface area contributed by atoms with Crippen LogP contribution in [0.15, 0.2) is 79.0 Å². The average molecular weight is 322 g/mol. The lowest BCUT2D eigenvalue weighted by Gasteiger charge is -2.14. The Kier molecular flexibility index (Phi) is 3.36. The van der Waals surface area contributed by atoms with Crippen molar-refractivity contribution in [2.75, 3.05) is 0 Å². The van der Waals surface area contributed by atoms with Crippen LogP contribution in [0.25, 0.3) is 32.3 Å². The van der Waals surface area contributed by atoms with Crippen LogP contribution in [0, 0.1) is 0 Å². The summed E-state index contributed by atoms with van der Waals surface area (Å²) in [5.74, 6) is 0. The van der Waals surface area contributed by atoms with Crippen LogP contribution in [0.1, 0.15) is 11.3 Å². The van der Waals surface area contributed by atoms with Crippen LogP contribution >= 0.6 is 0 Å². The van der Waals surface area contributed by atoms with Gasteiger partial charge in [-0.25, -0.2) is 0 Å².